The minimum atomic E-state index is -1.56. The first-order valence-electron chi connectivity index (χ1n) is 5.62. The molecule has 0 saturated carbocycles. The second-order valence-corrected chi connectivity index (χ2v) is 11.1. The van der Waals surface area contributed by atoms with Crippen LogP contribution in [0.15, 0.2) is 18.2 Å². The van der Waals surface area contributed by atoms with Crippen molar-refractivity contribution in [2.24, 2.45) is 0 Å². The highest BCUT2D eigenvalue weighted by molar-refractivity contribution is 14.1. The third-order valence-corrected chi connectivity index (χ3v) is 4.99. The van der Waals surface area contributed by atoms with Crippen LogP contribution in [0.4, 0.5) is 0 Å². The third-order valence-electron chi connectivity index (χ3n) is 2.20. The monoisotopic (exact) mass is 366 g/mol. The van der Waals surface area contributed by atoms with Crippen LogP contribution in [-0.2, 0) is 4.74 Å². The van der Waals surface area contributed by atoms with Gasteiger partial charge < -0.3 is 14.6 Å². The molecule has 0 radical (unpaired) electrons. The fourth-order valence-corrected chi connectivity index (χ4v) is 2.95. The fraction of sp³-hybridized carbons (Fsp3) is 0.500. The van der Waals surface area contributed by atoms with Crippen LogP contribution in [0.3, 0.4) is 0 Å². The van der Waals surface area contributed by atoms with Crippen LogP contribution in [0.1, 0.15) is 6.92 Å². The minimum Gasteiger partial charge on any atom is -0.507 e. The van der Waals surface area contributed by atoms with E-state index in [2.05, 4.69) is 42.2 Å². The van der Waals surface area contributed by atoms with Gasteiger partial charge in [-0.3, -0.25) is 0 Å². The molecule has 0 aliphatic carbocycles. The van der Waals surface area contributed by atoms with Crippen LogP contribution >= 0.6 is 22.6 Å². The van der Waals surface area contributed by atoms with Crippen LogP contribution in [0.5, 0.6) is 11.5 Å². The molecule has 0 spiro atoms. The van der Waals surface area contributed by atoms with Gasteiger partial charge in [-0.25, -0.2) is 0 Å². The molecule has 0 aliphatic rings. The Bertz CT molecular complexity index is 377. The van der Waals surface area contributed by atoms with Crippen LogP contribution in [0.2, 0.25) is 19.6 Å². The lowest BCUT2D eigenvalue weighted by Gasteiger charge is -2.29. The number of hydrogen-bond donors (Lipinski definition) is 1. The maximum atomic E-state index is 9.63. The summed E-state index contributed by atoms with van der Waals surface area (Å²) in [6, 6.07) is 5.28. The van der Waals surface area contributed by atoms with E-state index in [0.717, 1.165) is 3.57 Å². The normalized spacial score (nSPS) is 13.5. The quantitative estimate of drug-likeness (QED) is 0.492. The lowest BCUT2D eigenvalue weighted by molar-refractivity contribution is -0.0239. The first-order valence-corrected chi connectivity index (χ1v) is 10.3. The van der Waals surface area contributed by atoms with Gasteiger partial charge in [-0.15, -0.1) is 0 Å². The lowest BCUT2D eigenvalue weighted by atomic mass is 10.3. The number of phenols is 1. The van der Waals surface area contributed by atoms with Crippen molar-refractivity contribution in [3.05, 3.63) is 21.8 Å². The summed E-state index contributed by atoms with van der Waals surface area (Å²) in [4.78, 5) is 0. The zero-order valence-electron chi connectivity index (χ0n) is 10.7. The summed E-state index contributed by atoms with van der Waals surface area (Å²) in [5, 5.41) is 9.63. The van der Waals surface area contributed by atoms with Crippen molar-refractivity contribution in [3.8, 4) is 11.5 Å². The van der Waals surface area contributed by atoms with Gasteiger partial charge in [0.05, 0.1) is 3.57 Å². The van der Waals surface area contributed by atoms with Gasteiger partial charge in [-0.05, 0) is 41.6 Å². The van der Waals surface area contributed by atoms with Gasteiger partial charge in [-0.2, -0.15) is 0 Å². The van der Waals surface area contributed by atoms with Gasteiger partial charge in [0.25, 0.3) is 0 Å². The smallest absolute Gasteiger partial charge is 0.180 e. The summed E-state index contributed by atoms with van der Waals surface area (Å²) < 4.78 is 12.3. The standard InChI is InChI=1S/C12H19IO3Si/c1-5-15-12(17(2,3)4)16-10-8-6-7-9(14)11(10)13/h6-8,12,14H,5H2,1-4H3. The zero-order valence-corrected chi connectivity index (χ0v) is 13.8. The number of halogens is 1. The van der Waals surface area contributed by atoms with Crippen molar-refractivity contribution in [2.45, 2.75) is 32.5 Å². The molecule has 1 unspecified atom stereocenters. The Morgan fingerprint density at radius 1 is 1.35 bits per heavy atom. The van der Waals surface area contributed by atoms with Gasteiger partial charge in [-0.1, -0.05) is 25.7 Å². The summed E-state index contributed by atoms with van der Waals surface area (Å²) in [5.41, 5.74) is 0. The molecule has 1 N–H and O–H groups in total. The summed E-state index contributed by atoms with van der Waals surface area (Å²) in [7, 11) is -1.56. The molecule has 96 valence electrons. The summed E-state index contributed by atoms with van der Waals surface area (Å²) in [5.74, 6) is 0.739. The van der Waals surface area contributed by atoms with Crippen LogP contribution < -0.4 is 4.74 Å². The van der Waals surface area contributed by atoms with E-state index in [1.807, 2.05) is 13.0 Å². The minimum absolute atomic E-state index is 0.192. The van der Waals surface area contributed by atoms with Crippen molar-refractivity contribution in [1.82, 2.24) is 0 Å². The highest BCUT2D eigenvalue weighted by Crippen LogP contribution is 2.30. The predicted octanol–water partition coefficient (Wildman–Crippen LogP) is 3.62. The molecule has 1 atom stereocenters. The second kappa shape index (κ2) is 6.06. The molecule has 0 saturated heterocycles. The lowest BCUT2D eigenvalue weighted by Crippen LogP contribution is -2.44. The molecule has 0 aliphatic heterocycles. The van der Waals surface area contributed by atoms with Crippen molar-refractivity contribution in [2.75, 3.05) is 6.61 Å². The van der Waals surface area contributed by atoms with E-state index in [1.165, 1.54) is 0 Å². The molecule has 5 heteroatoms. The van der Waals surface area contributed by atoms with Gasteiger partial charge in [0.2, 0.25) is 0 Å². The van der Waals surface area contributed by atoms with E-state index in [0.29, 0.717) is 12.4 Å². The SMILES string of the molecule is CCOC(Oc1cccc(O)c1I)[Si](C)(C)C. The number of aromatic hydroxyl groups is 1. The molecule has 17 heavy (non-hydrogen) atoms. The maximum absolute atomic E-state index is 9.63. The molecule has 0 bridgehead atoms. The highest BCUT2D eigenvalue weighted by Gasteiger charge is 2.30. The Hall–Kier alpha value is -0.273. The molecular formula is C12H19IO3Si. The highest BCUT2D eigenvalue weighted by atomic mass is 127. The van der Waals surface area contributed by atoms with Crippen LogP contribution in [0, 0.1) is 3.57 Å². The van der Waals surface area contributed by atoms with Crippen molar-refractivity contribution in [3.63, 3.8) is 0 Å². The number of hydrogen-bond acceptors (Lipinski definition) is 3. The van der Waals surface area contributed by atoms with Crippen LogP contribution in [-0.4, -0.2) is 25.7 Å². The predicted molar refractivity (Wildman–Crippen MR) is 80.2 cm³/mol. The van der Waals surface area contributed by atoms with E-state index in [-0.39, 0.29) is 11.7 Å². The Morgan fingerprint density at radius 2 is 2.00 bits per heavy atom. The zero-order chi connectivity index (χ0) is 13.1. The average Bonchev–Trinajstić information content (AvgIpc) is 2.22. The van der Waals surface area contributed by atoms with E-state index < -0.39 is 8.07 Å². The van der Waals surface area contributed by atoms with E-state index in [1.54, 1.807) is 12.1 Å². The molecule has 0 amide bonds. The first kappa shape index (κ1) is 14.8. The Kier molecular flexibility index (Phi) is 5.27. The van der Waals surface area contributed by atoms with Gasteiger partial charge in [0.15, 0.2) is 5.91 Å². The Balaban J connectivity index is 2.90. The molecule has 1 aromatic carbocycles. The molecular weight excluding hydrogens is 347 g/mol. The molecule has 1 rings (SSSR count). The molecule has 0 aromatic heterocycles. The summed E-state index contributed by atoms with van der Waals surface area (Å²) in [6.45, 7) is 9.18. The first-order chi connectivity index (χ1) is 7.86. The van der Waals surface area contributed by atoms with E-state index in [9.17, 15) is 5.11 Å². The number of ether oxygens (including phenoxy) is 2. The maximum Gasteiger partial charge on any atom is 0.180 e. The summed E-state index contributed by atoms with van der Waals surface area (Å²) in [6.07, 6.45) is 0. The van der Waals surface area contributed by atoms with Crippen molar-refractivity contribution in [1.29, 1.82) is 0 Å². The van der Waals surface area contributed by atoms with Crippen molar-refractivity contribution >= 4 is 30.7 Å². The van der Waals surface area contributed by atoms with Crippen molar-refractivity contribution < 1.29 is 14.6 Å². The second-order valence-electron chi connectivity index (χ2n) is 4.86. The molecule has 1 aromatic rings. The Morgan fingerprint density at radius 3 is 2.53 bits per heavy atom. The third kappa shape index (κ3) is 4.15. The molecule has 0 heterocycles. The van der Waals surface area contributed by atoms with E-state index in [4.69, 9.17) is 9.47 Å². The topological polar surface area (TPSA) is 38.7 Å². The number of rotatable bonds is 5. The van der Waals surface area contributed by atoms with Gasteiger partial charge in [0, 0.05) is 6.61 Å². The molecule has 0 fully saturated rings. The van der Waals surface area contributed by atoms with E-state index >= 15 is 0 Å². The number of phenolic OH excluding ortho intramolecular Hbond substituents is 1. The largest absolute Gasteiger partial charge is 0.507 e. The van der Waals surface area contributed by atoms with Gasteiger partial charge >= 0.3 is 0 Å². The fourth-order valence-electron chi connectivity index (χ4n) is 1.32. The average molecular weight is 366 g/mol. The van der Waals surface area contributed by atoms with Gasteiger partial charge in [0.1, 0.15) is 19.6 Å². The van der Waals surface area contributed by atoms with Crippen LogP contribution in [0.25, 0.3) is 0 Å². The molecule has 3 nitrogen and oxygen atoms in total. The summed E-state index contributed by atoms with van der Waals surface area (Å²) >= 11 is 2.08. The number of benzene rings is 1. The Labute approximate surface area is 117 Å².